The van der Waals surface area contributed by atoms with E-state index in [9.17, 15) is 22.8 Å². The molecule has 0 radical (unpaired) electrons. The number of hydrogen-bond donors (Lipinski definition) is 3. The van der Waals surface area contributed by atoms with Crippen molar-refractivity contribution < 1.29 is 22.8 Å². The predicted molar refractivity (Wildman–Crippen MR) is 136 cm³/mol. The average Bonchev–Trinajstić information content (AvgIpc) is 3.36. The van der Waals surface area contributed by atoms with E-state index < -0.39 is 34.6 Å². The Balaban J connectivity index is 1.66. The molecule has 37 heavy (non-hydrogen) atoms. The zero-order chi connectivity index (χ0) is 27.2. The van der Waals surface area contributed by atoms with Crippen LogP contribution in [0.25, 0.3) is 0 Å². The molecule has 0 saturated carbocycles. The van der Waals surface area contributed by atoms with Gasteiger partial charge in [0, 0.05) is 45.5 Å². The molecule has 1 aliphatic rings. The Labute approximate surface area is 219 Å². The molecule has 1 atom stereocenters. The summed E-state index contributed by atoms with van der Waals surface area (Å²) in [5, 5.41) is 8.13. The monoisotopic (exact) mass is 556 g/mol. The molecule has 1 fully saturated rings. The zero-order valence-electron chi connectivity index (χ0n) is 19.9. The van der Waals surface area contributed by atoms with Crippen LogP contribution in [0.5, 0.6) is 0 Å². The lowest BCUT2D eigenvalue weighted by molar-refractivity contribution is -0.137. The van der Waals surface area contributed by atoms with Gasteiger partial charge in [-0.25, -0.2) is 15.0 Å². The molecule has 3 rings (SSSR count). The Bertz CT molecular complexity index is 1220. The molecule has 0 aliphatic carbocycles. The summed E-state index contributed by atoms with van der Waals surface area (Å²) < 4.78 is 39.2. The molecule has 15 heteroatoms. The van der Waals surface area contributed by atoms with E-state index in [-0.39, 0.29) is 16.4 Å². The molecule has 198 valence electrons. The lowest BCUT2D eigenvalue weighted by atomic mass is 10.2. The second-order valence-corrected chi connectivity index (χ2v) is 9.24. The van der Waals surface area contributed by atoms with Crippen LogP contribution in [0.4, 0.5) is 19.0 Å². The van der Waals surface area contributed by atoms with Crippen LogP contribution in [0.3, 0.4) is 0 Å². The molecule has 1 unspecified atom stereocenters. The minimum Gasteiger partial charge on any atom is -0.354 e. The number of nitrogens with one attached hydrogen (secondary N) is 3. The number of amides is 2. The Kier molecular flexibility index (Phi) is 9.34. The first-order valence-corrected chi connectivity index (χ1v) is 12.1. The third kappa shape index (κ3) is 7.33. The topological polar surface area (TPSA) is 124 Å². The van der Waals surface area contributed by atoms with Crippen molar-refractivity contribution in [2.75, 3.05) is 38.5 Å². The quantitative estimate of drug-likeness (QED) is 0.429. The second-order valence-electron chi connectivity index (χ2n) is 7.77. The summed E-state index contributed by atoms with van der Waals surface area (Å²) in [6.45, 7) is 8.26. The SMILES string of the molecule is C=N/C(=C\C(=NC)C(=O)NC(C)c1ncc(C(=O)Nc2cc(C(F)(F)F)c(Cl)cn2)s1)N1CCNCC1. The number of piperazine rings is 1. The largest absolute Gasteiger partial charge is 0.418 e. The highest BCUT2D eigenvalue weighted by Gasteiger charge is 2.34. The Morgan fingerprint density at radius 3 is 2.62 bits per heavy atom. The standard InChI is InChI=1S/C22H24ClF3N8O2S/c1-12(32-19(35)15(27-2)9-18(28-3)34-6-4-29-5-7-34)21-31-11-16(37-21)20(36)33-17-8-13(22(24,25)26)14(23)10-30-17/h8-12,29H,3-7H2,1-2H3,(H,32,35)(H,30,33,36)/b18-9+,27-15?. The van der Waals surface area contributed by atoms with Crippen LogP contribution < -0.4 is 16.0 Å². The molecular formula is C22H24ClF3N8O2S. The lowest BCUT2D eigenvalue weighted by Gasteiger charge is -2.29. The fourth-order valence-electron chi connectivity index (χ4n) is 3.31. The first-order chi connectivity index (χ1) is 17.5. The van der Waals surface area contributed by atoms with Gasteiger partial charge in [0.25, 0.3) is 11.8 Å². The van der Waals surface area contributed by atoms with E-state index in [2.05, 4.69) is 42.6 Å². The number of aliphatic imine (C=N–C) groups is 2. The molecule has 0 spiro atoms. The molecule has 3 N–H and O–H groups in total. The molecular weight excluding hydrogens is 533 g/mol. The van der Waals surface area contributed by atoms with E-state index in [1.165, 1.54) is 13.2 Å². The van der Waals surface area contributed by atoms with Crippen LogP contribution in [0.2, 0.25) is 5.02 Å². The molecule has 1 saturated heterocycles. The second kappa shape index (κ2) is 12.3. The van der Waals surface area contributed by atoms with Gasteiger partial charge in [-0.1, -0.05) is 11.6 Å². The van der Waals surface area contributed by atoms with E-state index in [0.29, 0.717) is 30.0 Å². The van der Waals surface area contributed by atoms with Gasteiger partial charge in [0.1, 0.15) is 27.2 Å². The number of halogens is 4. The number of alkyl halides is 3. The highest BCUT2D eigenvalue weighted by atomic mass is 35.5. The van der Waals surface area contributed by atoms with Crippen molar-refractivity contribution in [1.82, 2.24) is 25.5 Å². The van der Waals surface area contributed by atoms with E-state index >= 15 is 0 Å². The smallest absolute Gasteiger partial charge is 0.354 e. The first kappa shape index (κ1) is 28.2. The summed E-state index contributed by atoms with van der Waals surface area (Å²) in [4.78, 5) is 43.4. The van der Waals surface area contributed by atoms with E-state index in [0.717, 1.165) is 30.6 Å². The molecule has 10 nitrogen and oxygen atoms in total. The van der Waals surface area contributed by atoms with Gasteiger partial charge < -0.3 is 20.9 Å². The highest BCUT2D eigenvalue weighted by Crippen LogP contribution is 2.35. The van der Waals surface area contributed by atoms with Gasteiger partial charge in [-0.2, -0.15) is 13.2 Å². The minimum atomic E-state index is -4.70. The van der Waals surface area contributed by atoms with Crippen LogP contribution in [-0.2, 0) is 11.0 Å². The highest BCUT2D eigenvalue weighted by molar-refractivity contribution is 7.13. The third-order valence-corrected chi connectivity index (χ3v) is 6.69. The fourth-order valence-corrected chi connectivity index (χ4v) is 4.34. The van der Waals surface area contributed by atoms with Crippen molar-refractivity contribution in [3.05, 3.63) is 50.8 Å². The van der Waals surface area contributed by atoms with Gasteiger partial charge in [0.05, 0.1) is 22.8 Å². The number of nitrogens with zero attached hydrogens (tertiary/aromatic N) is 5. The first-order valence-electron chi connectivity index (χ1n) is 10.9. The molecule has 2 aromatic rings. The molecule has 2 amide bonds. The van der Waals surface area contributed by atoms with Crippen molar-refractivity contribution in [2.45, 2.75) is 19.1 Å². The van der Waals surface area contributed by atoms with Crippen molar-refractivity contribution in [3.63, 3.8) is 0 Å². The van der Waals surface area contributed by atoms with Gasteiger partial charge in [0.2, 0.25) is 0 Å². The Hall–Kier alpha value is -3.36. The fraction of sp³-hybridized carbons (Fsp3) is 0.364. The summed E-state index contributed by atoms with van der Waals surface area (Å²) in [6.07, 6.45) is -1.08. The number of carbonyl (C=O) groups excluding carboxylic acids is 2. The van der Waals surface area contributed by atoms with Crippen molar-refractivity contribution in [2.24, 2.45) is 9.98 Å². The third-order valence-electron chi connectivity index (χ3n) is 5.21. The number of aromatic nitrogens is 2. The van der Waals surface area contributed by atoms with Crippen molar-refractivity contribution in [1.29, 1.82) is 0 Å². The zero-order valence-corrected chi connectivity index (χ0v) is 21.5. The summed E-state index contributed by atoms with van der Waals surface area (Å²) in [7, 11) is 1.48. The molecule has 3 heterocycles. The average molecular weight is 557 g/mol. The minimum absolute atomic E-state index is 0.113. The predicted octanol–water partition coefficient (Wildman–Crippen LogP) is 3.16. The van der Waals surface area contributed by atoms with Crippen LogP contribution in [0.1, 0.15) is 33.2 Å². The maximum atomic E-state index is 13.1. The van der Waals surface area contributed by atoms with Crippen molar-refractivity contribution >= 4 is 53.0 Å². The van der Waals surface area contributed by atoms with E-state index in [1.807, 2.05) is 4.90 Å². The number of anilines is 1. The number of hydrogen-bond acceptors (Lipinski definition) is 9. The molecule has 0 aromatic carbocycles. The summed E-state index contributed by atoms with van der Waals surface area (Å²) in [6, 6.07) is 0.0609. The van der Waals surface area contributed by atoms with Crippen LogP contribution in [-0.4, -0.2) is 72.3 Å². The Morgan fingerprint density at radius 1 is 1.30 bits per heavy atom. The van der Waals surface area contributed by atoms with E-state index in [1.54, 1.807) is 13.0 Å². The van der Waals surface area contributed by atoms with Gasteiger partial charge in [-0.3, -0.25) is 14.6 Å². The van der Waals surface area contributed by atoms with Gasteiger partial charge in [-0.15, -0.1) is 11.3 Å². The summed E-state index contributed by atoms with van der Waals surface area (Å²) >= 11 is 6.53. The summed E-state index contributed by atoms with van der Waals surface area (Å²) in [5.74, 6) is -0.966. The number of carbonyl (C=O) groups is 2. The van der Waals surface area contributed by atoms with Crippen molar-refractivity contribution in [3.8, 4) is 0 Å². The molecule has 2 aromatic heterocycles. The van der Waals surface area contributed by atoms with Crippen LogP contribution in [0, 0.1) is 0 Å². The van der Waals surface area contributed by atoms with Gasteiger partial charge in [-0.05, 0) is 19.7 Å². The number of pyridine rings is 1. The number of rotatable bonds is 8. The lowest BCUT2D eigenvalue weighted by Crippen LogP contribution is -2.43. The Morgan fingerprint density at radius 2 is 2.00 bits per heavy atom. The summed E-state index contributed by atoms with van der Waals surface area (Å²) in [5.41, 5.74) is -0.980. The number of thiazole rings is 1. The molecule has 1 aliphatic heterocycles. The molecule has 0 bridgehead atoms. The maximum Gasteiger partial charge on any atom is 0.418 e. The van der Waals surface area contributed by atoms with Gasteiger partial charge in [0.15, 0.2) is 0 Å². The van der Waals surface area contributed by atoms with Crippen LogP contribution in [0.15, 0.2) is 40.3 Å². The normalized spacial score (nSPS) is 15.8. The van der Waals surface area contributed by atoms with E-state index in [4.69, 9.17) is 11.6 Å². The van der Waals surface area contributed by atoms with Gasteiger partial charge >= 0.3 is 6.18 Å². The maximum absolute atomic E-state index is 13.1. The van der Waals surface area contributed by atoms with Crippen LogP contribution >= 0.6 is 22.9 Å².